The van der Waals surface area contributed by atoms with Crippen LogP contribution in [0.25, 0.3) is 22.2 Å². The largest absolute Gasteiger partial charge is 0.449 e. The van der Waals surface area contributed by atoms with Crippen LogP contribution in [0.2, 0.25) is 0 Å². The molecule has 1 aliphatic heterocycles. The fourth-order valence-corrected chi connectivity index (χ4v) is 4.74. The number of aromatic amines is 1. The van der Waals surface area contributed by atoms with Crippen molar-refractivity contribution in [3.8, 4) is 11.3 Å². The van der Waals surface area contributed by atoms with E-state index in [9.17, 15) is 4.79 Å². The van der Waals surface area contributed by atoms with Crippen molar-refractivity contribution in [1.29, 1.82) is 0 Å². The zero-order valence-electron chi connectivity index (χ0n) is 19.9. The molecular weight excluding hydrogens is 398 g/mol. The summed E-state index contributed by atoms with van der Waals surface area (Å²) in [6, 6.07) is 11.1. The highest BCUT2D eigenvalue weighted by Crippen LogP contribution is 2.38. The van der Waals surface area contributed by atoms with Crippen molar-refractivity contribution in [2.45, 2.75) is 59.3 Å². The van der Waals surface area contributed by atoms with Gasteiger partial charge in [-0.15, -0.1) is 0 Å². The van der Waals surface area contributed by atoms with Crippen molar-refractivity contribution in [1.82, 2.24) is 14.9 Å². The Labute approximate surface area is 191 Å². The number of hydrogen-bond donors (Lipinski definition) is 1. The van der Waals surface area contributed by atoms with E-state index in [1.54, 1.807) is 0 Å². The fourth-order valence-electron chi connectivity index (χ4n) is 4.74. The number of H-pyrrole nitrogens is 1. The summed E-state index contributed by atoms with van der Waals surface area (Å²) in [5.41, 5.74) is 7.31. The Bertz CT molecular complexity index is 1090. The van der Waals surface area contributed by atoms with Gasteiger partial charge in [0.1, 0.15) is 0 Å². The predicted octanol–water partition coefficient (Wildman–Crippen LogP) is 6.63. The van der Waals surface area contributed by atoms with Crippen molar-refractivity contribution in [2.24, 2.45) is 5.92 Å². The topological polar surface area (TPSA) is 58.2 Å². The van der Waals surface area contributed by atoms with Crippen LogP contribution in [0.4, 0.5) is 4.79 Å². The molecule has 1 saturated heterocycles. The van der Waals surface area contributed by atoms with Crippen molar-refractivity contribution in [3.63, 3.8) is 0 Å². The number of aromatic nitrogens is 2. The van der Waals surface area contributed by atoms with Crippen LogP contribution in [0, 0.1) is 12.8 Å². The molecule has 4 rings (SSSR count). The molecule has 0 spiro atoms. The van der Waals surface area contributed by atoms with Crippen LogP contribution >= 0.6 is 0 Å². The Hall–Kier alpha value is -2.82. The standard InChI is InChI=1S/C27H35N3O2/c1-17(2)16-32-27(31)30-12-9-20(10-13-30)21-6-7-24-23(15-21)25(18(3)4)26(29-24)22-8-11-28-19(5)14-22/h6-8,11,14-15,17-18,20,29H,9-10,12-13,16H2,1-5H3. The lowest BCUT2D eigenvalue weighted by atomic mass is 9.87. The number of piperidine rings is 1. The SMILES string of the molecule is Cc1cc(-c2[nH]c3ccc(C4CCN(C(=O)OCC(C)C)CC4)cc3c2C(C)C)ccn1. The quantitative estimate of drug-likeness (QED) is 0.491. The Kier molecular flexibility index (Phi) is 6.54. The maximum Gasteiger partial charge on any atom is 0.409 e. The Morgan fingerprint density at radius 1 is 1.16 bits per heavy atom. The smallest absolute Gasteiger partial charge is 0.409 e. The first-order valence-corrected chi connectivity index (χ1v) is 11.8. The van der Waals surface area contributed by atoms with E-state index in [1.165, 1.54) is 33.3 Å². The minimum atomic E-state index is -0.169. The molecule has 1 amide bonds. The number of aryl methyl sites for hydroxylation is 1. The number of ether oxygens (including phenoxy) is 1. The number of nitrogens with zero attached hydrogens (tertiary/aromatic N) is 2. The summed E-state index contributed by atoms with van der Waals surface area (Å²) in [5, 5.41) is 1.31. The van der Waals surface area contributed by atoms with Gasteiger partial charge < -0.3 is 14.6 Å². The van der Waals surface area contributed by atoms with E-state index in [-0.39, 0.29) is 6.09 Å². The highest BCUT2D eigenvalue weighted by Gasteiger charge is 2.26. The van der Waals surface area contributed by atoms with E-state index in [0.29, 0.717) is 24.4 Å². The molecule has 0 atom stereocenters. The number of benzene rings is 1. The summed E-state index contributed by atoms with van der Waals surface area (Å²) in [6.07, 6.45) is 3.66. The average Bonchev–Trinajstić information content (AvgIpc) is 3.16. The summed E-state index contributed by atoms with van der Waals surface area (Å²) in [4.78, 5) is 22.2. The summed E-state index contributed by atoms with van der Waals surface area (Å²) in [6.45, 7) is 12.7. The van der Waals surface area contributed by atoms with Gasteiger partial charge in [-0.25, -0.2) is 4.79 Å². The normalized spacial score (nSPS) is 15.2. The van der Waals surface area contributed by atoms with E-state index < -0.39 is 0 Å². The van der Waals surface area contributed by atoms with Gasteiger partial charge in [0.2, 0.25) is 0 Å². The second-order valence-electron chi connectivity index (χ2n) is 9.79. The molecule has 0 aliphatic carbocycles. The third-order valence-corrected chi connectivity index (χ3v) is 6.39. The van der Waals surface area contributed by atoms with Crippen LogP contribution in [0.5, 0.6) is 0 Å². The second kappa shape index (κ2) is 9.35. The van der Waals surface area contributed by atoms with E-state index in [0.717, 1.165) is 31.6 Å². The minimum absolute atomic E-state index is 0.169. The number of pyridine rings is 1. The van der Waals surface area contributed by atoms with Gasteiger partial charge in [-0.3, -0.25) is 4.98 Å². The van der Waals surface area contributed by atoms with Gasteiger partial charge in [-0.2, -0.15) is 0 Å². The molecule has 0 bridgehead atoms. The predicted molar refractivity (Wildman–Crippen MR) is 130 cm³/mol. The second-order valence-corrected chi connectivity index (χ2v) is 9.79. The van der Waals surface area contributed by atoms with E-state index in [2.05, 4.69) is 68.0 Å². The molecule has 3 aromatic rings. The van der Waals surface area contributed by atoms with E-state index >= 15 is 0 Å². The number of likely N-dealkylation sites (tertiary alicyclic amines) is 1. The molecule has 1 N–H and O–H groups in total. The molecule has 1 aliphatic rings. The van der Waals surface area contributed by atoms with Crippen molar-refractivity contribution >= 4 is 17.0 Å². The molecule has 3 heterocycles. The number of amides is 1. The van der Waals surface area contributed by atoms with Crippen molar-refractivity contribution in [2.75, 3.05) is 19.7 Å². The molecule has 0 saturated carbocycles. The molecule has 2 aromatic heterocycles. The highest BCUT2D eigenvalue weighted by atomic mass is 16.6. The Balaban J connectivity index is 1.56. The van der Waals surface area contributed by atoms with Crippen LogP contribution < -0.4 is 0 Å². The molecule has 1 aromatic carbocycles. The lowest BCUT2D eigenvalue weighted by Crippen LogP contribution is -2.38. The zero-order chi connectivity index (χ0) is 22.8. The minimum Gasteiger partial charge on any atom is -0.449 e. The number of hydrogen-bond acceptors (Lipinski definition) is 3. The van der Waals surface area contributed by atoms with Gasteiger partial charge in [0.25, 0.3) is 0 Å². The maximum absolute atomic E-state index is 12.3. The Morgan fingerprint density at radius 2 is 1.91 bits per heavy atom. The summed E-state index contributed by atoms with van der Waals surface area (Å²) >= 11 is 0. The number of nitrogens with one attached hydrogen (secondary N) is 1. The molecule has 1 fully saturated rings. The van der Waals surface area contributed by atoms with Gasteiger partial charge in [0.05, 0.1) is 12.3 Å². The fraction of sp³-hybridized carbons (Fsp3) is 0.481. The van der Waals surface area contributed by atoms with Gasteiger partial charge in [-0.1, -0.05) is 33.8 Å². The lowest BCUT2D eigenvalue weighted by molar-refractivity contribution is 0.0834. The summed E-state index contributed by atoms with van der Waals surface area (Å²) in [5.74, 6) is 1.23. The van der Waals surface area contributed by atoms with Gasteiger partial charge in [0.15, 0.2) is 0 Å². The number of carbonyl (C=O) groups excluding carboxylic acids is 1. The molecule has 5 heteroatoms. The number of rotatable bonds is 5. The van der Waals surface area contributed by atoms with Gasteiger partial charge in [0, 0.05) is 41.4 Å². The van der Waals surface area contributed by atoms with Crippen LogP contribution in [-0.4, -0.2) is 40.7 Å². The van der Waals surface area contributed by atoms with Crippen LogP contribution in [0.3, 0.4) is 0 Å². The first-order chi connectivity index (χ1) is 15.3. The zero-order valence-corrected chi connectivity index (χ0v) is 19.9. The summed E-state index contributed by atoms with van der Waals surface area (Å²) in [7, 11) is 0. The third kappa shape index (κ3) is 4.67. The average molecular weight is 434 g/mol. The van der Waals surface area contributed by atoms with E-state index in [1.807, 2.05) is 18.0 Å². The first kappa shape index (κ1) is 22.4. The molecule has 5 nitrogen and oxygen atoms in total. The molecule has 0 unspecified atom stereocenters. The Morgan fingerprint density at radius 3 is 2.56 bits per heavy atom. The van der Waals surface area contributed by atoms with Gasteiger partial charge in [-0.05, 0) is 72.9 Å². The van der Waals surface area contributed by atoms with Crippen LogP contribution in [0.1, 0.15) is 69.2 Å². The molecule has 170 valence electrons. The number of carbonyl (C=O) groups is 1. The molecule has 0 radical (unpaired) electrons. The molecule has 32 heavy (non-hydrogen) atoms. The van der Waals surface area contributed by atoms with E-state index in [4.69, 9.17) is 4.74 Å². The monoisotopic (exact) mass is 433 g/mol. The van der Waals surface area contributed by atoms with Crippen molar-refractivity contribution in [3.05, 3.63) is 53.3 Å². The first-order valence-electron chi connectivity index (χ1n) is 11.8. The highest BCUT2D eigenvalue weighted by molar-refractivity contribution is 5.92. The van der Waals surface area contributed by atoms with Crippen LogP contribution in [-0.2, 0) is 4.74 Å². The third-order valence-electron chi connectivity index (χ3n) is 6.39. The van der Waals surface area contributed by atoms with Crippen molar-refractivity contribution < 1.29 is 9.53 Å². The van der Waals surface area contributed by atoms with Gasteiger partial charge >= 0.3 is 6.09 Å². The number of fused-ring (bicyclic) bond motifs is 1. The van der Waals surface area contributed by atoms with Crippen LogP contribution in [0.15, 0.2) is 36.5 Å². The maximum atomic E-state index is 12.3. The summed E-state index contributed by atoms with van der Waals surface area (Å²) < 4.78 is 5.42. The lowest BCUT2D eigenvalue weighted by Gasteiger charge is -2.31. The molecular formula is C27H35N3O2.